The van der Waals surface area contributed by atoms with Crippen LogP contribution in [0.25, 0.3) is 22.3 Å². The van der Waals surface area contributed by atoms with Crippen LogP contribution in [0.1, 0.15) is 28.7 Å². The average molecular weight is 346 g/mol. The zero-order chi connectivity index (χ0) is 17.9. The summed E-state index contributed by atoms with van der Waals surface area (Å²) in [6.07, 6.45) is 2.68. The van der Waals surface area contributed by atoms with Crippen molar-refractivity contribution in [2.45, 2.75) is 19.9 Å². The van der Waals surface area contributed by atoms with E-state index >= 15 is 0 Å². The first kappa shape index (κ1) is 16.0. The van der Waals surface area contributed by atoms with Crippen molar-refractivity contribution in [3.63, 3.8) is 0 Å². The Morgan fingerprint density at radius 1 is 1.12 bits per heavy atom. The zero-order valence-electron chi connectivity index (χ0n) is 14.3. The highest BCUT2D eigenvalue weighted by molar-refractivity contribution is 5.93. The first-order chi connectivity index (χ1) is 12.7. The van der Waals surface area contributed by atoms with Crippen molar-refractivity contribution < 1.29 is 4.79 Å². The molecule has 4 aromatic rings. The lowest BCUT2D eigenvalue weighted by Gasteiger charge is -2.01. The van der Waals surface area contributed by atoms with Crippen LogP contribution < -0.4 is 5.32 Å². The molecule has 0 unspecified atom stereocenters. The summed E-state index contributed by atoms with van der Waals surface area (Å²) < 4.78 is 0. The maximum atomic E-state index is 12.4. The number of H-pyrrole nitrogens is 2. The van der Waals surface area contributed by atoms with Gasteiger partial charge in [0.05, 0.1) is 17.9 Å². The Balaban J connectivity index is 1.46. The van der Waals surface area contributed by atoms with Crippen molar-refractivity contribution in [3.05, 3.63) is 65.6 Å². The summed E-state index contributed by atoms with van der Waals surface area (Å²) in [5.74, 6) is -0.222. The van der Waals surface area contributed by atoms with Crippen LogP contribution in [0, 0.1) is 0 Å². The largest absolute Gasteiger partial charge is 0.345 e. The molecular formula is C19H18N6O. The number of pyridine rings is 1. The van der Waals surface area contributed by atoms with Crippen molar-refractivity contribution in [1.82, 2.24) is 30.7 Å². The Hall–Kier alpha value is -3.48. The molecule has 0 spiro atoms. The number of nitrogens with one attached hydrogen (secondary N) is 3. The Morgan fingerprint density at radius 2 is 1.96 bits per heavy atom. The minimum Gasteiger partial charge on any atom is -0.345 e. The van der Waals surface area contributed by atoms with E-state index in [4.69, 9.17) is 0 Å². The van der Waals surface area contributed by atoms with Crippen LogP contribution >= 0.6 is 0 Å². The van der Waals surface area contributed by atoms with Gasteiger partial charge in [0.1, 0.15) is 5.69 Å². The minimum atomic E-state index is -0.222. The molecule has 0 saturated heterocycles. The topological polar surface area (TPSA) is 99.4 Å². The van der Waals surface area contributed by atoms with Gasteiger partial charge in [0.15, 0.2) is 5.65 Å². The Morgan fingerprint density at radius 3 is 2.77 bits per heavy atom. The Kier molecular flexibility index (Phi) is 4.18. The van der Waals surface area contributed by atoms with E-state index in [2.05, 4.69) is 49.8 Å². The molecule has 3 N–H and O–H groups in total. The highest BCUT2D eigenvalue weighted by Crippen LogP contribution is 2.19. The fourth-order valence-electron chi connectivity index (χ4n) is 2.80. The molecule has 0 aliphatic carbocycles. The molecule has 26 heavy (non-hydrogen) atoms. The Labute approximate surface area is 149 Å². The first-order valence-electron chi connectivity index (χ1n) is 8.45. The van der Waals surface area contributed by atoms with Gasteiger partial charge in [0.25, 0.3) is 5.91 Å². The van der Waals surface area contributed by atoms with Gasteiger partial charge < -0.3 is 5.32 Å². The second-order valence-corrected chi connectivity index (χ2v) is 5.98. The summed E-state index contributed by atoms with van der Waals surface area (Å²) >= 11 is 0. The molecule has 0 saturated carbocycles. The minimum absolute atomic E-state index is 0.222. The average Bonchev–Trinajstić information content (AvgIpc) is 3.34. The van der Waals surface area contributed by atoms with E-state index in [1.165, 1.54) is 5.56 Å². The second kappa shape index (κ2) is 6.79. The number of hydrogen-bond donors (Lipinski definition) is 3. The van der Waals surface area contributed by atoms with Gasteiger partial charge in [-0.3, -0.25) is 15.0 Å². The van der Waals surface area contributed by atoms with Crippen LogP contribution in [0.5, 0.6) is 0 Å². The van der Waals surface area contributed by atoms with E-state index < -0.39 is 0 Å². The number of carbonyl (C=O) groups is 1. The normalized spacial score (nSPS) is 11.0. The fourth-order valence-corrected chi connectivity index (χ4v) is 2.80. The van der Waals surface area contributed by atoms with Gasteiger partial charge in [-0.25, -0.2) is 4.98 Å². The van der Waals surface area contributed by atoms with Gasteiger partial charge in [-0.15, -0.1) is 0 Å². The number of amides is 1. The molecule has 130 valence electrons. The van der Waals surface area contributed by atoms with E-state index in [0.717, 1.165) is 28.8 Å². The maximum Gasteiger partial charge on any atom is 0.269 e. The van der Waals surface area contributed by atoms with E-state index in [1.807, 2.05) is 24.3 Å². The number of nitrogens with zero attached hydrogens (tertiary/aromatic N) is 3. The molecule has 0 aliphatic rings. The van der Waals surface area contributed by atoms with Crippen LogP contribution in [0.3, 0.4) is 0 Å². The number of hydrogen-bond acceptors (Lipinski definition) is 4. The van der Waals surface area contributed by atoms with Crippen molar-refractivity contribution in [2.24, 2.45) is 0 Å². The molecule has 3 aromatic heterocycles. The summed E-state index contributed by atoms with van der Waals surface area (Å²) in [5.41, 5.74) is 4.86. The molecule has 0 aliphatic heterocycles. The monoisotopic (exact) mass is 346 g/mol. The number of carbonyl (C=O) groups excluding carboxylic acids is 1. The van der Waals surface area contributed by atoms with Gasteiger partial charge in [-0.2, -0.15) is 10.2 Å². The lowest BCUT2D eigenvalue weighted by atomic mass is 10.1. The van der Waals surface area contributed by atoms with Gasteiger partial charge >= 0.3 is 0 Å². The van der Waals surface area contributed by atoms with Crippen LogP contribution in [-0.4, -0.2) is 31.3 Å². The zero-order valence-corrected chi connectivity index (χ0v) is 14.3. The van der Waals surface area contributed by atoms with Crippen LogP contribution in [0.4, 0.5) is 0 Å². The fraction of sp³-hybridized carbons (Fsp3) is 0.158. The molecule has 0 atom stereocenters. The number of benzene rings is 1. The summed E-state index contributed by atoms with van der Waals surface area (Å²) in [4.78, 5) is 16.6. The first-order valence-corrected chi connectivity index (χ1v) is 8.45. The molecule has 0 fully saturated rings. The molecule has 0 bridgehead atoms. The molecule has 7 heteroatoms. The highest BCUT2D eigenvalue weighted by atomic mass is 16.1. The predicted octanol–water partition coefficient (Wildman–Crippen LogP) is 2.84. The van der Waals surface area contributed by atoms with Gasteiger partial charge in [-0.1, -0.05) is 31.2 Å². The molecule has 4 rings (SSSR count). The van der Waals surface area contributed by atoms with Crippen molar-refractivity contribution in [3.8, 4) is 11.3 Å². The molecule has 1 aromatic carbocycles. The number of rotatable bonds is 5. The standard InChI is InChI=1S/C19H18N6O/c1-2-12-5-7-13(8-6-12)15-10-16(23-22-15)19(26)21-11-17-14-4-3-9-20-18(14)25-24-17/h3-10H,2,11H2,1H3,(H,21,26)(H,22,23)(H,20,24,25). The summed E-state index contributed by atoms with van der Waals surface area (Å²) in [6, 6.07) is 13.7. The molecular weight excluding hydrogens is 328 g/mol. The molecule has 7 nitrogen and oxygen atoms in total. The molecule has 3 heterocycles. The van der Waals surface area contributed by atoms with Crippen LogP contribution in [0.2, 0.25) is 0 Å². The number of aromatic nitrogens is 5. The van der Waals surface area contributed by atoms with Gasteiger partial charge in [0, 0.05) is 17.1 Å². The molecule has 0 radical (unpaired) electrons. The van der Waals surface area contributed by atoms with E-state index in [-0.39, 0.29) is 5.91 Å². The van der Waals surface area contributed by atoms with Gasteiger partial charge in [0.2, 0.25) is 0 Å². The third kappa shape index (κ3) is 3.06. The highest BCUT2D eigenvalue weighted by Gasteiger charge is 2.12. The maximum absolute atomic E-state index is 12.4. The van der Waals surface area contributed by atoms with Crippen LogP contribution in [-0.2, 0) is 13.0 Å². The van der Waals surface area contributed by atoms with Crippen LogP contribution in [0.15, 0.2) is 48.7 Å². The number of fused-ring (bicyclic) bond motifs is 1. The summed E-state index contributed by atoms with van der Waals surface area (Å²) in [6.45, 7) is 2.45. The second-order valence-electron chi connectivity index (χ2n) is 5.98. The van der Waals surface area contributed by atoms with Crippen molar-refractivity contribution in [2.75, 3.05) is 0 Å². The molecule has 1 amide bonds. The third-order valence-electron chi connectivity index (χ3n) is 4.31. The third-order valence-corrected chi connectivity index (χ3v) is 4.31. The lowest BCUT2D eigenvalue weighted by molar-refractivity contribution is 0.0945. The quantitative estimate of drug-likeness (QED) is 0.517. The van der Waals surface area contributed by atoms with E-state index in [0.29, 0.717) is 17.9 Å². The lowest BCUT2D eigenvalue weighted by Crippen LogP contribution is -2.23. The SMILES string of the molecule is CCc1ccc(-c2cc(C(=O)NCc3[nH]nc4ncccc34)[nH]n2)cc1. The van der Waals surface area contributed by atoms with Crippen molar-refractivity contribution >= 4 is 16.9 Å². The van der Waals surface area contributed by atoms with Gasteiger partial charge in [-0.05, 0) is 30.2 Å². The predicted molar refractivity (Wildman–Crippen MR) is 98.5 cm³/mol. The Bertz CT molecular complexity index is 1050. The van der Waals surface area contributed by atoms with E-state index in [9.17, 15) is 4.79 Å². The van der Waals surface area contributed by atoms with Crippen molar-refractivity contribution in [1.29, 1.82) is 0 Å². The van der Waals surface area contributed by atoms with E-state index in [1.54, 1.807) is 12.3 Å². The number of aryl methyl sites for hydroxylation is 1. The smallest absolute Gasteiger partial charge is 0.269 e. The summed E-state index contributed by atoms with van der Waals surface area (Å²) in [5, 5.41) is 17.8. The number of aromatic amines is 2. The summed E-state index contributed by atoms with van der Waals surface area (Å²) in [7, 11) is 0.